The number of ether oxygens (including phenoxy) is 2. The van der Waals surface area contributed by atoms with Gasteiger partial charge in [0.1, 0.15) is 23.3 Å². The SMILES string of the molecule is COC(=O)/C(C#N)=C/C(=CN(C)C)/C=C(\C#N)C(=O)OC. The number of methoxy groups -OCH3 is 2. The van der Waals surface area contributed by atoms with Gasteiger partial charge in [-0.2, -0.15) is 10.5 Å². The first-order valence-corrected chi connectivity index (χ1v) is 5.68. The van der Waals surface area contributed by atoms with Crippen LogP contribution < -0.4 is 0 Å². The fourth-order valence-electron chi connectivity index (χ4n) is 1.24. The van der Waals surface area contributed by atoms with Crippen molar-refractivity contribution in [2.45, 2.75) is 0 Å². The topological polar surface area (TPSA) is 103 Å². The molecule has 0 atom stereocenters. The van der Waals surface area contributed by atoms with Gasteiger partial charge in [0.05, 0.1) is 14.2 Å². The number of rotatable bonds is 5. The minimum Gasteiger partial charge on any atom is -0.465 e. The number of hydrogen-bond donors (Lipinski definition) is 0. The highest BCUT2D eigenvalue weighted by molar-refractivity contribution is 5.95. The van der Waals surface area contributed by atoms with Crippen molar-refractivity contribution in [1.29, 1.82) is 10.5 Å². The first-order valence-electron chi connectivity index (χ1n) is 5.68. The molecule has 0 amide bonds. The average Bonchev–Trinajstić information content (AvgIpc) is 2.47. The van der Waals surface area contributed by atoms with Crippen molar-refractivity contribution >= 4 is 11.9 Å². The first kappa shape index (κ1) is 17.9. The molecule has 0 aliphatic rings. The monoisotopic (exact) mass is 289 g/mol. The summed E-state index contributed by atoms with van der Waals surface area (Å²) >= 11 is 0. The summed E-state index contributed by atoms with van der Waals surface area (Å²) in [5, 5.41) is 17.8. The summed E-state index contributed by atoms with van der Waals surface area (Å²) in [5.74, 6) is -1.63. The van der Waals surface area contributed by atoms with Crippen LogP contribution in [0.25, 0.3) is 0 Å². The van der Waals surface area contributed by atoms with E-state index in [9.17, 15) is 9.59 Å². The smallest absolute Gasteiger partial charge is 0.348 e. The number of carbonyl (C=O) groups is 2. The van der Waals surface area contributed by atoms with Crippen molar-refractivity contribution in [1.82, 2.24) is 4.90 Å². The fourth-order valence-corrected chi connectivity index (χ4v) is 1.24. The van der Waals surface area contributed by atoms with Gasteiger partial charge in [-0.25, -0.2) is 9.59 Å². The number of nitrogens with zero attached hydrogens (tertiary/aromatic N) is 3. The quantitative estimate of drug-likeness (QED) is 0.317. The second-order valence-corrected chi connectivity index (χ2v) is 3.92. The van der Waals surface area contributed by atoms with E-state index in [0.717, 1.165) is 14.2 Å². The molecule has 0 saturated carbocycles. The minimum absolute atomic E-state index is 0.260. The van der Waals surface area contributed by atoms with Gasteiger partial charge >= 0.3 is 11.9 Å². The van der Waals surface area contributed by atoms with Crippen LogP contribution in [-0.4, -0.2) is 45.2 Å². The van der Waals surface area contributed by atoms with E-state index in [2.05, 4.69) is 9.47 Å². The van der Waals surface area contributed by atoms with Gasteiger partial charge in [0.2, 0.25) is 0 Å². The Morgan fingerprint density at radius 3 is 1.57 bits per heavy atom. The summed E-state index contributed by atoms with van der Waals surface area (Å²) in [4.78, 5) is 24.4. The van der Waals surface area contributed by atoms with Gasteiger partial charge in [0, 0.05) is 20.3 Å². The Morgan fingerprint density at radius 2 is 1.33 bits per heavy atom. The Balaban J connectivity index is 5.85. The van der Waals surface area contributed by atoms with Crippen LogP contribution in [0, 0.1) is 22.7 Å². The van der Waals surface area contributed by atoms with Crippen molar-refractivity contribution in [2.24, 2.45) is 0 Å². The van der Waals surface area contributed by atoms with Gasteiger partial charge in [-0.05, 0) is 17.7 Å². The third-order valence-electron chi connectivity index (χ3n) is 2.08. The second kappa shape index (κ2) is 8.94. The lowest BCUT2D eigenvalue weighted by Gasteiger charge is -2.07. The molecule has 0 unspecified atom stereocenters. The summed E-state index contributed by atoms with van der Waals surface area (Å²) in [5.41, 5.74) is -0.225. The Hall–Kier alpha value is -3.06. The summed E-state index contributed by atoms with van der Waals surface area (Å²) < 4.78 is 8.92. The van der Waals surface area contributed by atoms with Crippen molar-refractivity contribution < 1.29 is 19.1 Å². The molecule has 0 saturated heterocycles. The highest BCUT2D eigenvalue weighted by Gasteiger charge is 2.12. The molecular weight excluding hydrogens is 274 g/mol. The maximum absolute atomic E-state index is 11.4. The molecule has 7 nitrogen and oxygen atoms in total. The third-order valence-corrected chi connectivity index (χ3v) is 2.08. The second-order valence-electron chi connectivity index (χ2n) is 3.92. The predicted molar refractivity (Wildman–Crippen MR) is 73.2 cm³/mol. The van der Waals surface area contributed by atoms with Crippen molar-refractivity contribution in [3.8, 4) is 12.1 Å². The molecule has 0 aliphatic heterocycles. The number of allylic oxidation sites excluding steroid dienone is 3. The molecule has 0 aromatic heterocycles. The average molecular weight is 289 g/mol. The molecule has 0 aromatic carbocycles. The molecule has 110 valence electrons. The first-order chi connectivity index (χ1) is 9.89. The third kappa shape index (κ3) is 6.08. The molecular formula is C14H15N3O4. The molecule has 0 fully saturated rings. The lowest BCUT2D eigenvalue weighted by Crippen LogP contribution is -2.07. The van der Waals surface area contributed by atoms with Crippen molar-refractivity contribution in [3.05, 3.63) is 35.1 Å². The van der Waals surface area contributed by atoms with Gasteiger partial charge < -0.3 is 14.4 Å². The zero-order valence-corrected chi connectivity index (χ0v) is 12.2. The van der Waals surface area contributed by atoms with E-state index in [1.165, 1.54) is 18.4 Å². The van der Waals surface area contributed by atoms with Crippen LogP contribution in [0.2, 0.25) is 0 Å². The molecule has 0 spiro atoms. The van der Waals surface area contributed by atoms with Gasteiger partial charge in [0.15, 0.2) is 0 Å². The van der Waals surface area contributed by atoms with Crippen LogP contribution in [-0.2, 0) is 19.1 Å². The van der Waals surface area contributed by atoms with Gasteiger partial charge in [-0.3, -0.25) is 0 Å². The van der Waals surface area contributed by atoms with Crippen LogP contribution in [0.4, 0.5) is 0 Å². The van der Waals surface area contributed by atoms with Crippen molar-refractivity contribution in [3.63, 3.8) is 0 Å². The van der Waals surface area contributed by atoms with Crippen molar-refractivity contribution in [2.75, 3.05) is 28.3 Å². The van der Waals surface area contributed by atoms with Crippen LogP contribution in [0.15, 0.2) is 35.1 Å². The maximum atomic E-state index is 11.4. The van der Waals surface area contributed by atoms with E-state index >= 15 is 0 Å². The fraction of sp³-hybridized carbons (Fsp3) is 0.286. The van der Waals surface area contributed by atoms with E-state index in [-0.39, 0.29) is 11.1 Å². The number of carbonyl (C=O) groups excluding carboxylic acids is 2. The molecule has 0 aromatic rings. The van der Waals surface area contributed by atoms with Crippen LogP contribution in [0.1, 0.15) is 0 Å². The lowest BCUT2D eigenvalue weighted by molar-refractivity contribution is -0.136. The molecule has 0 radical (unpaired) electrons. The van der Waals surface area contributed by atoms with E-state index < -0.39 is 11.9 Å². The van der Waals surface area contributed by atoms with E-state index in [4.69, 9.17) is 10.5 Å². The molecule has 0 rings (SSSR count). The van der Waals surface area contributed by atoms with Gasteiger partial charge in [-0.1, -0.05) is 0 Å². The highest BCUT2D eigenvalue weighted by atomic mass is 16.5. The Kier molecular flexibility index (Phi) is 7.64. The summed E-state index contributed by atoms with van der Waals surface area (Å²) in [6, 6.07) is 3.38. The van der Waals surface area contributed by atoms with E-state index in [0.29, 0.717) is 5.57 Å². The van der Waals surface area contributed by atoms with Crippen LogP contribution in [0.5, 0.6) is 0 Å². The lowest BCUT2D eigenvalue weighted by atomic mass is 10.1. The zero-order chi connectivity index (χ0) is 16.4. The summed E-state index contributed by atoms with van der Waals surface area (Å²) in [6.45, 7) is 0. The highest BCUT2D eigenvalue weighted by Crippen LogP contribution is 2.10. The van der Waals surface area contributed by atoms with E-state index in [1.807, 2.05) is 0 Å². The Bertz CT molecular complexity index is 540. The molecule has 0 aliphatic carbocycles. The molecule has 7 heteroatoms. The largest absolute Gasteiger partial charge is 0.465 e. The molecule has 0 bridgehead atoms. The van der Waals surface area contributed by atoms with Gasteiger partial charge in [0.25, 0.3) is 0 Å². The van der Waals surface area contributed by atoms with E-state index in [1.54, 1.807) is 31.1 Å². The molecule has 21 heavy (non-hydrogen) atoms. The number of esters is 2. The number of hydrogen-bond acceptors (Lipinski definition) is 7. The summed E-state index contributed by atoms with van der Waals surface area (Å²) in [7, 11) is 5.70. The van der Waals surface area contributed by atoms with Crippen LogP contribution in [0.3, 0.4) is 0 Å². The van der Waals surface area contributed by atoms with Crippen LogP contribution >= 0.6 is 0 Å². The standard InChI is InChI=1S/C14H15N3O4/c1-17(2)9-10(5-11(7-15)13(18)20-3)6-12(8-16)14(19)21-4/h5-6,9H,1-4H3/b11-5+,12-6+. The maximum Gasteiger partial charge on any atom is 0.348 e. The molecule has 0 heterocycles. The normalized spacial score (nSPS) is 10.8. The summed E-state index contributed by atoms with van der Waals surface area (Å²) in [6.07, 6.45) is 3.96. The zero-order valence-electron chi connectivity index (χ0n) is 12.2. The Labute approximate surface area is 123 Å². The van der Waals surface area contributed by atoms with Gasteiger partial charge in [-0.15, -0.1) is 0 Å². The molecule has 0 N–H and O–H groups in total. The Morgan fingerprint density at radius 1 is 0.952 bits per heavy atom. The predicted octanol–water partition coefficient (Wildman–Crippen LogP) is 0.678. The minimum atomic E-state index is -0.813. The number of nitriles is 2.